The van der Waals surface area contributed by atoms with Crippen LogP contribution in [0, 0.1) is 0 Å². The first kappa shape index (κ1) is 18.7. The van der Waals surface area contributed by atoms with E-state index >= 15 is 0 Å². The molecule has 3 aromatic carbocycles. The first-order valence-corrected chi connectivity index (χ1v) is 9.40. The summed E-state index contributed by atoms with van der Waals surface area (Å²) in [5, 5.41) is 2.18. The topological polar surface area (TPSA) is 57.1 Å². The SMILES string of the molecule is COc1cc(/C=C2/N=C(c3ccc4ccccc4c3)OC2=O)ccc1OC(C)C. The number of carbonyl (C=O) groups is 1. The lowest BCUT2D eigenvalue weighted by Crippen LogP contribution is -2.06. The highest BCUT2D eigenvalue weighted by atomic mass is 16.6. The fourth-order valence-corrected chi connectivity index (χ4v) is 3.14. The molecule has 0 N–H and O–H groups in total. The average molecular weight is 387 g/mol. The molecule has 0 spiro atoms. The molecule has 1 heterocycles. The zero-order valence-corrected chi connectivity index (χ0v) is 16.5. The number of fused-ring (bicyclic) bond motifs is 1. The number of carbonyl (C=O) groups excluding carboxylic acids is 1. The van der Waals surface area contributed by atoms with Crippen molar-refractivity contribution in [3.05, 3.63) is 77.5 Å². The van der Waals surface area contributed by atoms with Crippen molar-refractivity contribution in [3.63, 3.8) is 0 Å². The number of rotatable bonds is 5. The number of methoxy groups -OCH3 is 1. The van der Waals surface area contributed by atoms with Crippen LogP contribution in [-0.4, -0.2) is 25.1 Å². The van der Waals surface area contributed by atoms with Crippen molar-refractivity contribution < 1.29 is 19.0 Å². The molecule has 29 heavy (non-hydrogen) atoms. The zero-order chi connectivity index (χ0) is 20.4. The van der Waals surface area contributed by atoms with Crippen LogP contribution in [0.4, 0.5) is 0 Å². The van der Waals surface area contributed by atoms with E-state index in [-0.39, 0.29) is 11.8 Å². The van der Waals surface area contributed by atoms with E-state index in [0.717, 1.165) is 21.9 Å². The van der Waals surface area contributed by atoms with Gasteiger partial charge in [0.1, 0.15) is 0 Å². The first-order valence-electron chi connectivity index (χ1n) is 9.40. The Kier molecular flexibility index (Phi) is 5.04. The summed E-state index contributed by atoms with van der Waals surface area (Å²) in [4.78, 5) is 16.7. The van der Waals surface area contributed by atoms with Crippen molar-refractivity contribution in [2.24, 2.45) is 4.99 Å². The summed E-state index contributed by atoms with van der Waals surface area (Å²) in [6.45, 7) is 3.90. The van der Waals surface area contributed by atoms with Gasteiger partial charge in [-0.15, -0.1) is 0 Å². The Balaban J connectivity index is 1.65. The summed E-state index contributed by atoms with van der Waals surface area (Å²) in [6, 6.07) is 19.3. The van der Waals surface area contributed by atoms with Gasteiger partial charge in [-0.25, -0.2) is 9.79 Å². The van der Waals surface area contributed by atoms with Crippen LogP contribution in [0.5, 0.6) is 11.5 Å². The molecule has 0 saturated heterocycles. The Labute approximate surface area is 169 Å². The number of benzene rings is 3. The number of aliphatic imine (C=N–C) groups is 1. The van der Waals surface area contributed by atoms with Crippen molar-refractivity contribution in [1.82, 2.24) is 0 Å². The molecular formula is C24H21NO4. The lowest BCUT2D eigenvalue weighted by Gasteiger charge is -2.13. The Morgan fingerprint density at radius 2 is 1.76 bits per heavy atom. The van der Waals surface area contributed by atoms with Crippen LogP contribution in [0.1, 0.15) is 25.0 Å². The standard InChI is InChI=1S/C24H21NO4/c1-15(2)28-21-11-8-16(13-22(21)27-3)12-20-24(26)29-23(25-20)19-10-9-17-6-4-5-7-18(17)14-19/h4-15H,1-3H3/b20-12+. The Morgan fingerprint density at radius 3 is 2.52 bits per heavy atom. The highest BCUT2D eigenvalue weighted by Crippen LogP contribution is 2.30. The van der Waals surface area contributed by atoms with Gasteiger partial charge in [0, 0.05) is 5.56 Å². The van der Waals surface area contributed by atoms with Gasteiger partial charge in [-0.1, -0.05) is 36.4 Å². The number of esters is 1. The molecule has 0 saturated carbocycles. The van der Waals surface area contributed by atoms with Crippen molar-refractivity contribution in [2.75, 3.05) is 7.11 Å². The van der Waals surface area contributed by atoms with Gasteiger partial charge in [0.2, 0.25) is 5.90 Å². The molecule has 0 aromatic heterocycles. The van der Waals surface area contributed by atoms with E-state index in [1.165, 1.54) is 0 Å². The van der Waals surface area contributed by atoms with Crippen LogP contribution in [0.15, 0.2) is 71.4 Å². The molecule has 4 rings (SSSR count). The molecule has 146 valence electrons. The monoisotopic (exact) mass is 387 g/mol. The first-order chi connectivity index (χ1) is 14.0. The predicted octanol–water partition coefficient (Wildman–Crippen LogP) is 4.98. The summed E-state index contributed by atoms with van der Waals surface area (Å²) in [7, 11) is 1.58. The summed E-state index contributed by atoms with van der Waals surface area (Å²) in [6.07, 6.45) is 1.71. The van der Waals surface area contributed by atoms with E-state index in [1.807, 2.05) is 74.5 Å². The second-order valence-electron chi connectivity index (χ2n) is 6.97. The van der Waals surface area contributed by atoms with E-state index in [4.69, 9.17) is 14.2 Å². The lowest BCUT2D eigenvalue weighted by molar-refractivity contribution is -0.129. The largest absolute Gasteiger partial charge is 0.493 e. The molecule has 3 aromatic rings. The molecule has 0 fully saturated rings. The third-order valence-electron chi connectivity index (χ3n) is 4.47. The number of cyclic esters (lactones) is 1. The fourth-order valence-electron chi connectivity index (χ4n) is 3.14. The zero-order valence-electron chi connectivity index (χ0n) is 16.5. The summed E-state index contributed by atoms with van der Waals surface area (Å²) in [5.41, 5.74) is 1.78. The molecule has 0 atom stereocenters. The second-order valence-corrected chi connectivity index (χ2v) is 6.97. The molecule has 5 nitrogen and oxygen atoms in total. The molecule has 1 aliphatic heterocycles. The number of hydrogen-bond acceptors (Lipinski definition) is 5. The van der Waals surface area contributed by atoms with Crippen molar-refractivity contribution >= 4 is 28.7 Å². The van der Waals surface area contributed by atoms with Crippen LogP contribution in [0.2, 0.25) is 0 Å². The molecule has 0 bridgehead atoms. The average Bonchev–Trinajstić information content (AvgIpc) is 3.08. The van der Waals surface area contributed by atoms with Crippen molar-refractivity contribution in [2.45, 2.75) is 20.0 Å². The minimum Gasteiger partial charge on any atom is -0.493 e. The van der Waals surface area contributed by atoms with Crippen molar-refractivity contribution in [3.8, 4) is 11.5 Å². The van der Waals surface area contributed by atoms with Crippen LogP contribution in [0.25, 0.3) is 16.8 Å². The van der Waals surface area contributed by atoms with E-state index in [0.29, 0.717) is 17.4 Å². The minimum atomic E-state index is -0.477. The summed E-state index contributed by atoms with van der Waals surface area (Å²) in [5.74, 6) is 1.07. The molecule has 0 unspecified atom stereocenters. The minimum absolute atomic E-state index is 0.0343. The summed E-state index contributed by atoms with van der Waals surface area (Å²) >= 11 is 0. The third-order valence-corrected chi connectivity index (χ3v) is 4.47. The van der Waals surface area contributed by atoms with Crippen LogP contribution < -0.4 is 9.47 Å². The Morgan fingerprint density at radius 1 is 0.966 bits per heavy atom. The van der Waals surface area contributed by atoms with Gasteiger partial charge in [0.15, 0.2) is 17.2 Å². The maximum absolute atomic E-state index is 12.3. The highest BCUT2D eigenvalue weighted by molar-refractivity contribution is 6.13. The van der Waals surface area contributed by atoms with Gasteiger partial charge in [-0.2, -0.15) is 0 Å². The molecular weight excluding hydrogens is 366 g/mol. The van der Waals surface area contributed by atoms with Gasteiger partial charge in [-0.3, -0.25) is 0 Å². The number of hydrogen-bond donors (Lipinski definition) is 0. The Bertz CT molecular complexity index is 1140. The van der Waals surface area contributed by atoms with Crippen LogP contribution in [0.3, 0.4) is 0 Å². The smallest absolute Gasteiger partial charge is 0.363 e. The van der Waals surface area contributed by atoms with Gasteiger partial charge >= 0.3 is 5.97 Å². The number of nitrogens with zero attached hydrogens (tertiary/aromatic N) is 1. The molecule has 1 aliphatic rings. The number of ether oxygens (including phenoxy) is 3. The van der Waals surface area contributed by atoms with Crippen molar-refractivity contribution in [1.29, 1.82) is 0 Å². The maximum atomic E-state index is 12.3. The van der Waals surface area contributed by atoms with Gasteiger partial charge in [0.25, 0.3) is 0 Å². The van der Waals surface area contributed by atoms with Gasteiger partial charge < -0.3 is 14.2 Å². The highest BCUT2D eigenvalue weighted by Gasteiger charge is 2.24. The van der Waals surface area contributed by atoms with E-state index in [1.54, 1.807) is 13.2 Å². The molecule has 5 heteroatoms. The predicted molar refractivity (Wildman–Crippen MR) is 113 cm³/mol. The fraction of sp³-hybridized carbons (Fsp3) is 0.167. The lowest BCUT2D eigenvalue weighted by atomic mass is 10.1. The van der Waals surface area contributed by atoms with Crippen LogP contribution in [-0.2, 0) is 9.53 Å². The van der Waals surface area contributed by atoms with E-state index < -0.39 is 5.97 Å². The van der Waals surface area contributed by atoms with E-state index in [9.17, 15) is 4.79 Å². The summed E-state index contributed by atoms with van der Waals surface area (Å²) < 4.78 is 16.5. The van der Waals surface area contributed by atoms with E-state index in [2.05, 4.69) is 4.99 Å². The quantitative estimate of drug-likeness (QED) is 0.458. The molecule has 0 radical (unpaired) electrons. The van der Waals surface area contributed by atoms with Gasteiger partial charge in [-0.05, 0) is 60.5 Å². The maximum Gasteiger partial charge on any atom is 0.363 e. The Hall–Kier alpha value is -3.60. The third kappa shape index (κ3) is 3.99. The van der Waals surface area contributed by atoms with Gasteiger partial charge in [0.05, 0.1) is 13.2 Å². The molecule has 0 aliphatic carbocycles. The second kappa shape index (κ2) is 7.80. The molecule has 0 amide bonds. The normalized spacial score (nSPS) is 15.0. The van der Waals surface area contributed by atoms with Crippen LogP contribution >= 0.6 is 0 Å².